The van der Waals surface area contributed by atoms with Crippen LogP contribution in [0.15, 0.2) is 34.9 Å². The van der Waals surface area contributed by atoms with Crippen molar-refractivity contribution in [2.75, 3.05) is 0 Å². The van der Waals surface area contributed by atoms with Gasteiger partial charge in [0.1, 0.15) is 17.6 Å². The molecule has 100 valence electrons. The molecule has 0 unspecified atom stereocenters. The van der Waals surface area contributed by atoms with Crippen molar-refractivity contribution in [3.05, 3.63) is 51.7 Å². The highest BCUT2D eigenvalue weighted by Gasteiger charge is 2.21. The molecule has 0 amide bonds. The number of rotatable bonds is 2. The van der Waals surface area contributed by atoms with Gasteiger partial charge >= 0.3 is 5.69 Å². The molecule has 0 spiro atoms. The Morgan fingerprint density at radius 1 is 1.35 bits per heavy atom. The smallest absolute Gasteiger partial charge is 0.316 e. The summed E-state index contributed by atoms with van der Waals surface area (Å²) in [7, 11) is 0. The van der Waals surface area contributed by atoms with E-state index in [1.807, 2.05) is 0 Å². The fraction of sp³-hybridized carbons (Fsp3) is 0. The molecule has 0 bridgehead atoms. The fourth-order valence-corrected chi connectivity index (χ4v) is 1.93. The fourth-order valence-electron chi connectivity index (χ4n) is 1.80. The van der Waals surface area contributed by atoms with Crippen LogP contribution >= 0.6 is 11.6 Å². The van der Waals surface area contributed by atoms with Crippen molar-refractivity contribution < 1.29 is 13.7 Å². The minimum absolute atomic E-state index is 0.0494. The highest BCUT2D eigenvalue weighted by molar-refractivity contribution is 6.28. The van der Waals surface area contributed by atoms with Gasteiger partial charge in [0, 0.05) is 5.39 Å². The summed E-state index contributed by atoms with van der Waals surface area (Å²) in [5.74, 6) is -0.304. The SMILES string of the molecule is O=[N+]([O-])c1cnc(Cl)nc1-c1cc2cc(F)ccc2o1. The van der Waals surface area contributed by atoms with Gasteiger partial charge in [-0.25, -0.2) is 14.4 Å². The molecule has 3 aromatic rings. The average Bonchev–Trinajstić information content (AvgIpc) is 2.81. The van der Waals surface area contributed by atoms with Gasteiger partial charge in [0.2, 0.25) is 5.28 Å². The summed E-state index contributed by atoms with van der Waals surface area (Å²) in [6, 6.07) is 5.39. The normalized spacial score (nSPS) is 10.9. The van der Waals surface area contributed by atoms with Gasteiger partial charge in [0.05, 0.1) is 4.92 Å². The number of nitro groups is 1. The lowest BCUT2D eigenvalue weighted by Gasteiger charge is -1.98. The Bertz CT molecular complexity index is 834. The summed E-state index contributed by atoms with van der Waals surface area (Å²) >= 11 is 5.65. The van der Waals surface area contributed by atoms with Crippen LogP contribution in [0.25, 0.3) is 22.4 Å². The lowest BCUT2D eigenvalue weighted by Crippen LogP contribution is -1.96. The monoisotopic (exact) mass is 293 g/mol. The van der Waals surface area contributed by atoms with Crippen LogP contribution in [0.5, 0.6) is 0 Å². The molecular formula is C12H5ClFN3O3. The van der Waals surface area contributed by atoms with Gasteiger partial charge in [0.15, 0.2) is 11.5 Å². The first-order chi connectivity index (χ1) is 9.54. The Hall–Kier alpha value is -2.54. The molecular weight excluding hydrogens is 289 g/mol. The predicted octanol–water partition coefficient (Wildman–Crippen LogP) is 3.59. The lowest BCUT2D eigenvalue weighted by atomic mass is 10.2. The molecule has 2 heterocycles. The number of benzene rings is 1. The largest absolute Gasteiger partial charge is 0.454 e. The molecule has 1 aromatic carbocycles. The minimum atomic E-state index is -0.639. The molecule has 20 heavy (non-hydrogen) atoms. The van der Waals surface area contributed by atoms with Crippen molar-refractivity contribution in [1.29, 1.82) is 0 Å². The Morgan fingerprint density at radius 3 is 2.90 bits per heavy atom. The second-order valence-corrected chi connectivity index (χ2v) is 4.26. The lowest BCUT2D eigenvalue weighted by molar-refractivity contribution is -0.384. The van der Waals surface area contributed by atoms with E-state index in [4.69, 9.17) is 16.0 Å². The van der Waals surface area contributed by atoms with E-state index >= 15 is 0 Å². The molecule has 0 aliphatic rings. The van der Waals surface area contributed by atoms with Gasteiger partial charge in [-0.05, 0) is 35.9 Å². The van der Waals surface area contributed by atoms with Gasteiger partial charge in [-0.3, -0.25) is 10.1 Å². The second kappa shape index (κ2) is 4.53. The third-order valence-corrected chi connectivity index (χ3v) is 2.83. The van der Waals surface area contributed by atoms with E-state index in [0.717, 1.165) is 6.20 Å². The minimum Gasteiger partial charge on any atom is -0.454 e. The van der Waals surface area contributed by atoms with Crippen molar-refractivity contribution >= 4 is 28.3 Å². The first-order valence-corrected chi connectivity index (χ1v) is 5.79. The molecule has 0 N–H and O–H groups in total. The number of halogens is 2. The number of hydrogen-bond donors (Lipinski definition) is 0. The highest BCUT2D eigenvalue weighted by Crippen LogP contribution is 2.32. The summed E-state index contributed by atoms with van der Waals surface area (Å²) < 4.78 is 18.6. The van der Waals surface area contributed by atoms with Gasteiger partial charge in [-0.2, -0.15) is 0 Å². The van der Waals surface area contributed by atoms with E-state index in [0.29, 0.717) is 11.0 Å². The number of aromatic nitrogens is 2. The summed E-state index contributed by atoms with van der Waals surface area (Å²) in [6.45, 7) is 0. The first-order valence-electron chi connectivity index (χ1n) is 5.41. The maximum absolute atomic E-state index is 13.1. The van der Waals surface area contributed by atoms with Crippen LogP contribution in [-0.4, -0.2) is 14.9 Å². The standard InChI is InChI=1S/C12H5ClFN3O3/c13-12-15-5-8(17(18)19)11(16-12)10-4-6-3-7(14)1-2-9(6)20-10/h1-5H. The highest BCUT2D eigenvalue weighted by atomic mass is 35.5. The molecule has 0 radical (unpaired) electrons. The average molecular weight is 294 g/mol. The molecule has 0 aliphatic heterocycles. The Kier molecular flexibility index (Phi) is 2.83. The molecule has 3 rings (SSSR count). The van der Waals surface area contributed by atoms with Gasteiger partial charge in [-0.15, -0.1) is 0 Å². The number of hydrogen-bond acceptors (Lipinski definition) is 5. The molecule has 0 saturated heterocycles. The van der Waals surface area contributed by atoms with Crippen molar-refractivity contribution in [3.63, 3.8) is 0 Å². The topological polar surface area (TPSA) is 82.1 Å². The van der Waals surface area contributed by atoms with E-state index in [2.05, 4.69) is 9.97 Å². The summed E-state index contributed by atoms with van der Waals surface area (Å²) in [6.07, 6.45) is 0.998. The molecule has 0 aliphatic carbocycles. The molecule has 2 aromatic heterocycles. The maximum Gasteiger partial charge on any atom is 0.316 e. The van der Waals surface area contributed by atoms with Crippen molar-refractivity contribution in [2.45, 2.75) is 0 Å². The van der Waals surface area contributed by atoms with Crippen LogP contribution in [0.3, 0.4) is 0 Å². The van der Waals surface area contributed by atoms with Crippen molar-refractivity contribution in [1.82, 2.24) is 9.97 Å². The van der Waals surface area contributed by atoms with E-state index in [9.17, 15) is 14.5 Å². The third-order valence-electron chi connectivity index (χ3n) is 2.65. The first kappa shape index (κ1) is 12.5. The van der Waals surface area contributed by atoms with E-state index < -0.39 is 10.7 Å². The van der Waals surface area contributed by atoms with Crippen LogP contribution in [0.4, 0.5) is 10.1 Å². The Morgan fingerprint density at radius 2 is 2.15 bits per heavy atom. The van der Waals surface area contributed by atoms with Crippen molar-refractivity contribution in [3.8, 4) is 11.5 Å². The zero-order valence-electron chi connectivity index (χ0n) is 9.71. The van der Waals surface area contributed by atoms with Gasteiger partial charge < -0.3 is 4.42 Å². The predicted molar refractivity (Wildman–Crippen MR) is 68.9 cm³/mol. The number of nitrogens with zero attached hydrogens (tertiary/aromatic N) is 3. The molecule has 6 nitrogen and oxygen atoms in total. The van der Waals surface area contributed by atoms with Crippen LogP contribution in [0, 0.1) is 15.9 Å². The summed E-state index contributed by atoms with van der Waals surface area (Å²) in [5, 5.41) is 11.3. The number of furan rings is 1. The van der Waals surface area contributed by atoms with E-state index in [1.54, 1.807) is 0 Å². The van der Waals surface area contributed by atoms with Gasteiger partial charge in [-0.1, -0.05) is 0 Å². The van der Waals surface area contributed by atoms with Crippen LogP contribution in [0.1, 0.15) is 0 Å². The molecule has 0 atom stereocenters. The molecule has 0 fully saturated rings. The summed E-state index contributed by atoms with van der Waals surface area (Å²) in [5.41, 5.74) is 0.00553. The molecule has 0 saturated carbocycles. The van der Waals surface area contributed by atoms with Crippen LogP contribution in [-0.2, 0) is 0 Å². The Balaban J connectivity index is 2.24. The van der Waals surface area contributed by atoms with Crippen LogP contribution < -0.4 is 0 Å². The van der Waals surface area contributed by atoms with Crippen LogP contribution in [0.2, 0.25) is 5.28 Å². The molecule has 8 heteroatoms. The maximum atomic E-state index is 13.1. The summed E-state index contributed by atoms with van der Waals surface area (Å²) in [4.78, 5) is 17.7. The zero-order valence-corrected chi connectivity index (χ0v) is 10.5. The van der Waals surface area contributed by atoms with Gasteiger partial charge in [0.25, 0.3) is 0 Å². The second-order valence-electron chi connectivity index (χ2n) is 3.92. The quantitative estimate of drug-likeness (QED) is 0.409. The Labute approximate surface area is 116 Å². The van der Waals surface area contributed by atoms with Crippen molar-refractivity contribution in [2.24, 2.45) is 0 Å². The third kappa shape index (κ3) is 2.08. The number of fused-ring (bicyclic) bond motifs is 1. The zero-order chi connectivity index (χ0) is 14.3. The van der Waals surface area contributed by atoms with E-state index in [1.165, 1.54) is 24.3 Å². The van der Waals surface area contributed by atoms with E-state index in [-0.39, 0.29) is 22.4 Å².